The van der Waals surface area contributed by atoms with Crippen LogP contribution < -0.4 is 5.32 Å². The molecule has 1 aromatic rings. The molecule has 19 heavy (non-hydrogen) atoms. The number of rotatable bonds is 7. The molecule has 0 heterocycles. The fraction of sp³-hybridized carbons (Fsp3) is 0.533. The van der Waals surface area contributed by atoms with Gasteiger partial charge >= 0.3 is 6.03 Å². The van der Waals surface area contributed by atoms with E-state index in [0.717, 1.165) is 38.8 Å². The number of nitrogens with one attached hydrogen (secondary N) is 1. The molecule has 4 nitrogen and oxygen atoms in total. The fourth-order valence-corrected chi connectivity index (χ4v) is 1.80. The second-order valence-electron chi connectivity index (χ2n) is 4.67. The topological polar surface area (TPSA) is 52.6 Å². The van der Waals surface area contributed by atoms with Crippen molar-refractivity contribution in [2.45, 2.75) is 39.5 Å². The van der Waals surface area contributed by atoms with Crippen LogP contribution in [0.4, 0.5) is 10.5 Å². The van der Waals surface area contributed by atoms with E-state index >= 15 is 0 Å². The highest BCUT2D eigenvalue weighted by atomic mass is 16.3. The van der Waals surface area contributed by atoms with Gasteiger partial charge < -0.3 is 15.3 Å². The average molecular weight is 264 g/mol. The van der Waals surface area contributed by atoms with Gasteiger partial charge in [0.25, 0.3) is 0 Å². The first kappa shape index (κ1) is 15.3. The lowest BCUT2D eigenvalue weighted by Crippen LogP contribution is -2.36. The normalized spacial score (nSPS) is 10.2. The number of nitrogens with zero attached hydrogens (tertiary/aromatic N) is 1. The van der Waals surface area contributed by atoms with Crippen molar-refractivity contribution in [1.29, 1.82) is 0 Å². The predicted octanol–water partition coefficient (Wildman–Crippen LogP) is 3.83. The molecular formula is C15H24N2O2. The van der Waals surface area contributed by atoms with Gasteiger partial charge in [-0.05, 0) is 25.0 Å². The lowest BCUT2D eigenvalue weighted by atomic mass is 10.2. The number of aromatic hydroxyl groups is 1. The number of amides is 2. The van der Waals surface area contributed by atoms with Crippen LogP contribution in [0, 0.1) is 0 Å². The Hall–Kier alpha value is -1.71. The Bertz CT molecular complexity index is 385. The van der Waals surface area contributed by atoms with E-state index in [1.54, 1.807) is 24.3 Å². The third kappa shape index (κ3) is 5.64. The first-order valence-electron chi connectivity index (χ1n) is 7.02. The van der Waals surface area contributed by atoms with Gasteiger partial charge in [-0.2, -0.15) is 0 Å². The molecule has 0 saturated heterocycles. The van der Waals surface area contributed by atoms with Gasteiger partial charge in [-0.25, -0.2) is 4.79 Å². The molecule has 4 heteroatoms. The third-order valence-corrected chi connectivity index (χ3v) is 2.95. The second-order valence-corrected chi connectivity index (χ2v) is 4.67. The quantitative estimate of drug-likeness (QED) is 0.786. The zero-order valence-corrected chi connectivity index (χ0v) is 11.9. The number of phenols is 1. The molecule has 0 radical (unpaired) electrons. The second kappa shape index (κ2) is 8.40. The summed E-state index contributed by atoms with van der Waals surface area (Å²) in [6.07, 6.45) is 4.17. The summed E-state index contributed by atoms with van der Waals surface area (Å²) in [7, 11) is 0. The van der Waals surface area contributed by atoms with Crippen molar-refractivity contribution in [1.82, 2.24) is 4.90 Å². The summed E-state index contributed by atoms with van der Waals surface area (Å²) in [5.74, 6) is 0.159. The van der Waals surface area contributed by atoms with Crippen molar-refractivity contribution in [3.05, 3.63) is 24.3 Å². The number of hydrogen-bond acceptors (Lipinski definition) is 2. The number of carbonyl (C=O) groups is 1. The van der Waals surface area contributed by atoms with E-state index in [2.05, 4.69) is 19.2 Å². The lowest BCUT2D eigenvalue weighted by molar-refractivity contribution is 0.210. The maximum absolute atomic E-state index is 12.2. The van der Waals surface area contributed by atoms with Gasteiger partial charge in [0.2, 0.25) is 0 Å². The van der Waals surface area contributed by atoms with Crippen molar-refractivity contribution in [3.8, 4) is 5.75 Å². The summed E-state index contributed by atoms with van der Waals surface area (Å²) >= 11 is 0. The van der Waals surface area contributed by atoms with Crippen molar-refractivity contribution >= 4 is 11.7 Å². The zero-order chi connectivity index (χ0) is 14.1. The molecule has 0 fully saturated rings. The molecular weight excluding hydrogens is 240 g/mol. The molecule has 2 amide bonds. The van der Waals surface area contributed by atoms with E-state index in [0.29, 0.717) is 5.69 Å². The molecule has 0 saturated carbocycles. The number of phenolic OH excluding ortho intramolecular Hbond substituents is 1. The summed E-state index contributed by atoms with van der Waals surface area (Å²) in [6, 6.07) is 6.53. The number of hydrogen-bond donors (Lipinski definition) is 2. The first-order chi connectivity index (χ1) is 9.17. The molecule has 0 atom stereocenters. The summed E-state index contributed by atoms with van der Waals surface area (Å²) in [5.41, 5.74) is 0.628. The van der Waals surface area contributed by atoms with Crippen LogP contribution in [-0.4, -0.2) is 29.1 Å². The number of unbranched alkanes of at least 4 members (excludes halogenated alkanes) is 2. The molecule has 106 valence electrons. The molecule has 1 rings (SSSR count). The SMILES string of the molecule is CCCCN(CCCC)C(=O)Nc1cccc(O)c1. The Labute approximate surface area is 115 Å². The van der Waals surface area contributed by atoms with Crippen LogP contribution in [-0.2, 0) is 0 Å². The highest BCUT2D eigenvalue weighted by Crippen LogP contribution is 2.16. The van der Waals surface area contributed by atoms with Gasteiger partial charge in [-0.15, -0.1) is 0 Å². The number of carbonyl (C=O) groups excluding carboxylic acids is 1. The molecule has 0 spiro atoms. The molecule has 0 aliphatic rings. The summed E-state index contributed by atoms with van der Waals surface area (Å²) in [4.78, 5) is 14.0. The van der Waals surface area contributed by atoms with E-state index in [4.69, 9.17) is 0 Å². The van der Waals surface area contributed by atoms with Gasteiger partial charge in [0.15, 0.2) is 0 Å². The maximum atomic E-state index is 12.2. The molecule has 0 bridgehead atoms. The fourth-order valence-electron chi connectivity index (χ4n) is 1.80. The number of benzene rings is 1. The van der Waals surface area contributed by atoms with Crippen LogP contribution in [0.15, 0.2) is 24.3 Å². The largest absolute Gasteiger partial charge is 0.508 e. The summed E-state index contributed by atoms with van der Waals surface area (Å²) < 4.78 is 0. The van der Waals surface area contributed by atoms with Crippen LogP contribution in [0.2, 0.25) is 0 Å². The Kier molecular flexibility index (Phi) is 6.79. The van der Waals surface area contributed by atoms with Gasteiger partial charge in [-0.1, -0.05) is 32.8 Å². The van der Waals surface area contributed by atoms with E-state index < -0.39 is 0 Å². The molecule has 0 aromatic heterocycles. The first-order valence-corrected chi connectivity index (χ1v) is 7.02. The van der Waals surface area contributed by atoms with Crippen molar-refractivity contribution < 1.29 is 9.90 Å². The molecule has 0 unspecified atom stereocenters. The minimum atomic E-state index is -0.0903. The highest BCUT2D eigenvalue weighted by Gasteiger charge is 2.12. The minimum absolute atomic E-state index is 0.0903. The van der Waals surface area contributed by atoms with Crippen LogP contribution in [0.25, 0.3) is 0 Å². The van der Waals surface area contributed by atoms with Crippen molar-refractivity contribution in [2.24, 2.45) is 0 Å². The van der Waals surface area contributed by atoms with Crippen LogP contribution in [0.3, 0.4) is 0 Å². The molecule has 2 N–H and O–H groups in total. The molecule has 0 aliphatic carbocycles. The van der Waals surface area contributed by atoms with Crippen LogP contribution in [0.1, 0.15) is 39.5 Å². The molecule has 0 aliphatic heterocycles. The summed E-state index contributed by atoms with van der Waals surface area (Å²) in [6.45, 7) is 5.79. The number of anilines is 1. The van der Waals surface area contributed by atoms with Gasteiger partial charge in [-0.3, -0.25) is 0 Å². The van der Waals surface area contributed by atoms with E-state index in [9.17, 15) is 9.90 Å². The standard InChI is InChI=1S/C15H24N2O2/c1-3-5-10-17(11-6-4-2)15(19)16-13-8-7-9-14(18)12-13/h7-9,12,18H,3-6,10-11H2,1-2H3,(H,16,19). The minimum Gasteiger partial charge on any atom is -0.508 e. The zero-order valence-electron chi connectivity index (χ0n) is 11.9. The Morgan fingerprint density at radius 3 is 2.37 bits per heavy atom. The van der Waals surface area contributed by atoms with Crippen molar-refractivity contribution in [2.75, 3.05) is 18.4 Å². The van der Waals surface area contributed by atoms with Gasteiger partial charge in [0, 0.05) is 24.8 Å². The van der Waals surface area contributed by atoms with Crippen LogP contribution >= 0.6 is 0 Å². The monoisotopic (exact) mass is 264 g/mol. The Balaban J connectivity index is 2.59. The van der Waals surface area contributed by atoms with Crippen molar-refractivity contribution in [3.63, 3.8) is 0 Å². The van der Waals surface area contributed by atoms with Gasteiger partial charge in [0.1, 0.15) is 5.75 Å². The van der Waals surface area contributed by atoms with E-state index in [1.165, 1.54) is 0 Å². The third-order valence-electron chi connectivity index (χ3n) is 2.95. The smallest absolute Gasteiger partial charge is 0.321 e. The van der Waals surface area contributed by atoms with Gasteiger partial charge in [0.05, 0.1) is 0 Å². The lowest BCUT2D eigenvalue weighted by Gasteiger charge is -2.22. The Morgan fingerprint density at radius 2 is 1.84 bits per heavy atom. The average Bonchev–Trinajstić information content (AvgIpc) is 2.38. The molecule has 1 aromatic carbocycles. The predicted molar refractivity (Wildman–Crippen MR) is 78.5 cm³/mol. The maximum Gasteiger partial charge on any atom is 0.321 e. The van der Waals surface area contributed by atoms with E-state index in [1.807, 2.05) is 4.90 Å². The number of urea groups is 1. The summed E-state index contributed by atoms with van der Waals surface area (Å²) in [5, 5.41) is 12.2. The highest BCUT2D eigenvalue weighted by molar-refractivity contribution is 5.89. The van der Waals surface area contributed by atoms with Crippen LogP contribution in [0.5, 0.6) is 5.75 Å². The Morgan fingerprint density at radius 1 is 1.21 bits per heavy atom. The van der Waals surface area contributed by atoms with E-state index in [-0.39, 0.29) is 11.8 Å².